The topological polar surface area (TPSA) is 44.1 Å². The molecule has 0 saturated heterocycles. The summed E-state index contributed by atoms with van der Waals surface area (Å²) in [5.41, 5.74) is 1.85. The first kappa shape index (κ1) is 22.4. The number of thioether (sulfide) groups is 1. The van der Waals surface area contributed by atoms with E-state index in [0.29, 0.717) is 16.3 Å². The largest absolute Gasteiger partial charge is 0.468 e. The van der Waals surface area contributed by atoms with Gasteiger partial charge in [-0.1, -0.05) is 12.1 Å². The second-order valence-corrected chi connectivity index (χ2v) is 9.26. The number of fused-ring (bicyclic) bond motifs is 1. The van der Waals surface area contributed by atoms with E-state index in [-0.39, 0.29) is 12.5 Å². The maximum Gasteiger partial charge on any atom is 0.416 e. The zero-order chi connectivity index (χ0) is 22.9. The Morgan fingerprint density at radius 2 is 1.91 bits per heavy atom. The molecule has 0 amide bonds. The third kappa shape index (κ3) is 4.83. The fourth-order valence-electron chi connectivity index (χ4n) is 3.25. The fraction of sp³-hybridized carbons (Fsp3) is 0.217. The summed E-state index contributed by atoms with van der Waals surface area (Å²) in [7, 11) is 1.37. The Morgan fingerprint density at radius 3 is 2.59 bits per heavy atom. The van der Waals surface area contributed by atoms with E-state index in [1.807, 2.05) is 35.9 Å². The monoisotopic (exact) mass is 476 g/mol. The van der Waals surface area contributed by atoms with E-state index in [1.54, 1.807) is 11.8 Å². The molecule has 0 spiro atoms. The smallest absolute Gasteiger partial charge is 0.416 e. The Bertz CT molecular complexity index is 1260. The van der Waals surface area contributed by atoms with Gasteiger partial charge in [-0.3, -0.25) is 4.79 Å². The van der Waals surface area contributed by atoms with Crippen molar-refractivity contribution in [2.75, 3.05) is 7.11 Å². The van der Waals surface area contributed by atoms with E-state index in [2.05, 4.69) is 11.1 Å². The minimum absolute atomic E-state index is 0.166. The van der Waals surface area contributed by atoms with Crippen LogP contribution in [-0.4, -0.2) is 22.6 Å². The Kier molecular flexibility index (Phi) is 6.30. The predicted octanol–water partition coefficient (Wildman–Crippen LogP) is 6.56. The summed E-state index contributed by atoms with van der Waals surface area (Å²) in [4.78, 5) is 18.3. The van der Waals surface area contributed by atoms with Crippen molar-refractivity contribution < 1.29 is 22.7 Å². The van der Waals surface area contributed by atoms with Crippen molar-refractivity contribution in [2.24, 2.45) is 0 Å². The van der Waals surface area contributed by atoms with Gasteiger partial charge in [-0.15, -0.1) is 23.1 Å². The van der Waals surface area contributed by atoms with Crippen molar-refractivity contribution in [3.63, 3.8) is 0 Å². The molecule has 0 radical (unpaired) electrons. The number of rotatable bonds is 6. The molecule has 0 N–H and O–H groups in total. The van der Waals surface area contributed by atoms with Gasteiger partial charge in [-0.05, 0) is 43.3 Å². The lowest BCUT2D eigenvalue weighted by molar-refractivity contribution is -0.141. The van der Waals surface area contributed by atoms with E-state index in [1.165, 1.54) is 30.6 Å². The van der Waals surface area contributed by atoms with E-state index >= 15 is 0 Å². The van der Waals surface area contributed by atoms with Crippen LogP contribution in [-0.2, 0) is 28.0 Å². The summed E-state index contributed by atoms with van der Waals surface area (Å²) in [6.07, 6.45) is -2.49. The Labute approximate surface area is 191 Å². The molecule has 0 bridgehead atoms. The molecule has 2 aromatic carbocycles. The molecular weight excluding hydrogens is 457 g/mol. The third-order valence-electron chi connectivity index (χ3n) is 4.99. The number of aromatic nitrogens is 2. The Hall–Kier alpha value is -2.78. The lowest BCUT2D eigenvalue weighted by atomic mass is 10.1. The fourth-order valence-corrected chi connectivity index (χ4v) is 5.40. The number of nitrogens with zero attached hydrogens (tertiary/aromatic N) is 2. The molecule has 0 unspecified atom stereocenters. The van der Waals surface area contributed by atoms with Gasteiger partial charge in [0.25, 0.3) is 0 Å². The van der Waals surface area contributed by atoms with Gasteiger partial charge in [-0.25, -0.2) is 4.98 Å². The van der Waals surface area contributed by atoms with Crippen LogP contribution in [0.15, 0.2) is 59.6 Å². The van der Waals surface area contributed by atoms with Gasteiger partial charge >= 0.3 is 12.1 Å². The van der Waals surface area contributed by atoms with Crippen LogP contribution in [0.1, 0.15) is 16.1 Å². The predicted molar refractivity (Wildman–Crippen MR) is 121 cm³/mol. The average molecular weight is 477 g/mol. The molecule has 0 aliphatic heterocycles. The minimum Gasteiger partial charge on any atom is -0.468 e. The van der Waals surface area contributed by atoms with Crippen LogP contribution >= 0.6 is 23.1 Å². The first-order valence-corrected chi connectivity index (χ1v) is 11.5. The SMILES string of the molecule is COC(=O)Cn1ccc2cc(SCc3sc(-c4ccc(C(F)(F)F)cc4)nc3C)ccc21. The minimum atomic E-state index is -4.35. The maximum atomic E-state index is 12.8. The number of halogens is 3. The van der Waals surface area contributed by atoms with Gasteiger partial charge in [0.1, 0.15) is 11.6 Å². The van der Waals surface area contributed by atoms with E-state index in [4.69, 9.17) is 4.74 Å². The molecule has 2 heterocycles. The van der Waals surface area contributed by atoms with Crippen LogP contribution in [0.2, 0.25) is 0 Å². The number of ether oxygens (including phenoxy) is 1. The van der Waals surface area contributed by atoms with Crippen molar-refractivity contribution in [3.8, 4) is 10.6 Å². The summed E-state index contributed by atoms with van der Waals surface area (Å²) in [6, 6.07) is 13.1. The number of hydrogen-bond acceptors (Lipinski definition) is 5. The molecule has 0 atom stereocenters. The van der Waals surface area contributed by atoms with Gasteiger partial charge < -0.3 is 9.30 Å². The zero-order valence-electron chi connectivity index (χ0n) is 17.3. The third-order valence-corrected chi connectivity index (χ3v) is 7.40. The highest BCUT2D eigenvalue weighted by atomic mass is 32.2. The van der Waals surface area contributed by atoms with Crippen LogP contribution in [0.3, 0.4) is 0 Å². The molecule has 4 nitrogen and oxygen atoms in total. The second kappa shape index (κ2) is 8.99. The van der Waals surface area contributed by atoms with Crippen molar-refractivity contribution in [3.05, 3.63) is 70.9 Å². The highest BCUT2D eigenvalue weighted by Crippen LogP contribution is 2.35. The summed E-state index contributed by atoms with van der Waals surface area (Å²) >= 11 is 3.16. The first-order chi connectivity index (χ1) is 15.2. The zero-order valence-corrected chi connectivity index (χ0v) is 18.9. The lowest BCUT2D eigenvalue weighted by Crippen LogP contribution is -2.10. The first-order valence-electron chi connectivity index (χ1n) is 9.67. The molecular formula is C23H19F3N2O2S2. The number of aryl methyl sites for hydroxylation is 1. The number of benzene rings is 2. The molecule has 9 heteroatoms. The standard InChI is InChI=1S/C23H19F3N2O2S2/c1-14-20(32-22(27-14)15-3-5-17(6-4-15)23(24,25)26)13-31-18-7-8-19-16(11-18)9-10-28(19)12-21(29)30-2/h3-11H,12-13H2,1-2H3. The molecule has 166 valence electrons. The molecule has 32 heavy (non-hydrogen) atoms. The molecule has 4 rings (SSSR count). The van der Waals surface area contributed by atoms with Crippen molar-refractivity contribution in [1.82, 2.24) is 9.55 Å². The van der Waals surface area contributed by atoms with Gasteiger partial charge in [0.05, 0.1) is 18.4 Å². The summed E-state index contributed by atoms with van der Waals surface area (Å²) < 4.78 is 44.9. The van der Waals surface area contributed by atoms with Gasteiger partial charge in [0.2, 0.25) is 0 Å². The summed E-state index contributed by atoms with van der Waals surface area (Å²) in [5, 5.41) is 1.74. The van der Waals surface area contributed by atoms with Crippen LogP contribution in [0.5, 0.6) is 0 Å². The van der Waals surface area contributed by atoms with Crippen molar-refractivity contribution in [1.29, 1.82) is 0 Å². The number of carbonyl (C=O) groups is 1. The Balaban J connectivity index is 1.47. The quantitative estimate of drug-likeness (QED) is 0.234. The van der Waals surface area contributed by atoms with Crippen LogP contribution in [0, 0.1) is 6.92 Å². The molecule has 4 aromatic rings. The number of hydrogen-bond donors (Lipinski definition) is 0. The molecule has 0 saturated carbocycles. The summed E-state index contributed by atoms with van der Waals surface area (Å²) in [6.45, 7) is 2.08. The van der Waals surface area contributed by atoms with E-state index in [0.717, 1.165) is 38.5 Å². The molecule has 0 aliphatic rings. The van der Waals surface area contributed by atoms with Crippen molar-refractivity contribution in [2.45, 2.75) is 30.3 Å². The van der Waals surface area contributed by atoms with E-state index < -0.39 is 11.7 Å². The van der Waals surface area contributed by atoms with Crippen LogP contribution in [0.4, 0.5) is 13.2 Å². The number of alkyl halides is 3. The number of thiazole rings is 1. The summed E-state index contributed by atoms with van der Waals surface area (Å²) in [5.74, 6) is 0.406. The van der Waals surface area contributed by atoms with Gasteiger partial charge in [-0.2, -0.15) is 13.2 Å². The second-order valence-electron chi connectivity index (χ2n) is 7.13. The van der Waals surface area contributed by atoms with Gasteiger partial charge in [0, 0.05) is 38.2 Å². The molecule has 0 fully saturated rings. The lowest BCUT2D eigenvalue weighted by Gasteiger charge is -2.06. The number of carbonyl (C=O) groups excluding carboxylic acids is 1. The molecule has 2 aromatic heterocycles. The highest BCUT2D eigenvalue weighted by Gasteiger charge is 2.30. The van der Waals surface area contributed by atoms with Crippen molar-refractivity contribution >= 4 is 40.0 Å². The van der Waals surface area contributed by atoms with E-state index in [9.17, 15) is 18.0 Å². The normalized spacial score (nSPS) is 11.8. The average Bonchev–Trinajstić information content (AvgIpc) is 3.34. The maximum absolute atomic E-state index is 12.8. The molecule has 0 aliphatic carbocycles. The highest BCUT2D eigenvalue weighted by molar-refractivity contribution is 7.98. The van der Waals surface area contributed by atoms with Crippen LogP contribution in [0.25, 0.3) is 21.5 Å². The van der Waals surface area contributed by atoms with Crippen LogP contribution < -0.4 is 0 Å². The Morgan fingerprint density at radius 1 is 1.16 bits per heavy atom. The number of methoxy groups -OCH3 is 1. The number of esters is 1. The van der Waals surface area contributed by atoms with Gasteiger partial charge in [0.15, 0.2) is 0 Å².